The van der Waals surface area contributed by atoms with E-state index in [2.05, 4.69) is 25.9 Å². The van der Waals surface area contributed by atoms with E-state index in [0.717, 1.165) is 6.07 Å². The van der Waals surface area contributed by atoms with Crippen LogP contribution in [0.5, 0.6) is 0 Å². The predicted octanol–water partition coefficient (Wildman–Crippen LogP) is 0.573. The highest BCUT2D eigenvalue weighted by molar-refractivity contribution is 5.95. The average molecular weight is 300 g/mol. The van der Waals surface area contributed by atoms with E-state index in [-0.39, 0.29) is 28.2 Å². The first-order valence-electron chi connectivity index (χ1n) is 5.73. The van der Waals surface area contributed by atoms with Crippen molar-refractivity contribution in [3.63, 3.8) is 0 Å². The summed E-state index contributed by atoms with van der Waals surface area (Å²) in [6, 6.07) is 5.33. The Bertz CT molecular complexity index is 758. The number of carboxylic acids is 2. The molecule has 1 aromatic carbocycles. The number of aromatic amines is 1. The fourth-order valence-corrected chi connectivity index (χ4v) is 1.54. The van der Waals surface area contributed by atoms with Crippen molar-refractivity contribution in [2.45, 2.75) is 0 Å². The van der Waals surface area contributed by atoms with E-state index in [0.29, 0.717) is 0 Å². The van der Waals surface area contributed by atoms with E-state index < -0.39 is 11.9 Å². The Morgan fingerprint density at radius 2 is 1.86 bits per heavy atom. The second-order valence-electron chi connectivity index (χ2n) is 3.96. The molecule has 10 nitrogen and oxygen atoms in total. The van der Waals surface area contributed by atoms with Crippen LogP contribution in [0.25, 0.3) is 5.57 Å². The molecule has 0 saturated carbocycles. The number of hydrogen-bond acceptors (Lipinski definition) is 7. The highest BCUT2D eigenvalue weighted by Crippen LogP contribution is 2.17. The molecule has 0 amide bonds. The lowest BCUT2D eigenvalue weighted by molar-refractivity contribution is 0.0696. The molecule has 0 atom stereocenters. The predicted molar refractivity (Wildman–Crippen MR) is 71.8 cm³/mol. The second-order valence-corrected chi connectivity index (χ2v) is 3.96. The molecule has 0 bridgehead atoms. The highest BCUT2D eigenvalue weighted by Gasteiger charge is 2.11. The minimum atomic E-state index is -1.27. The number of rotatable bonds is 5. The lowest BCUT2D eigenvalue weighted by Crippen LogP contribution is -2.04. The molecule has 1 aromatic heterocycles. The SMILES string of the molecule is N#CC(=CNc1cc(C(=O)O)cc(C(=O)O)c1)c1nn[nH]n1. The van der Waals surface area contributed by atoms with Crippen molar-refractivity contribution < 1.29 is 19.8 Å². The number of hydrogen-bond donors (Lipinski definition) is 4. The van der Waals surface area contributed by atoms with E-state index in [1.54, 1.807) is 0 Å². The Balaban J connectivity index is 2.35. The summed E-state index contributed by atoms with van der Waals surface area (Å²) >= 11 is 0. The normalized spacial score (nSPS) is 10.8. The van der Waals surface area contributed by atoms with Gasteiger partial charge < -0.3 is 15.5 Å². The summed E-state index contributed by atoms with van der Waals surface area (Å²) in [6.45, 7) is 0. The van der Waals surface area contributed by atoms with Gasteiger partial charge in [0.2, 0.25) is 5.82 Å². The van der Waals surface area contributed by atoms with Crippen molar-refractivity contribution in [1.29, 1.82) is 5.26 Å². The van der Waals surface area contributed by atoms with Crippen LogP contribution in [0.3, 0.4) is 0 Å². The van der Waals surface area contributed by atoms with Crippen molar-refractivity contribution in [2.24, 2.45) is 0 Å². The third-order valence-corrected chi connectivity index (χ3v) is 2.52. The van der Waals surface area contributed by atoms with E-state index in [4.69, 9.17) is 15.5 Å². The van der Waals surface area contributed by atoms with Crippen LogP contribution in [0.4, 0.5) is 5.69 Å². The highest BCUT2D eigenvalue weighted by atomic mass is 16.4. The summed E-state index contributed by atoms with van der Waals surface area (Å²) in [5, 5.41) is 42.3. The quantitative estimate of drug-likeness (QED) is 0.577. The zero-order chi connectivity index (χ0) is 16.1. The Labute approximate surface area is 122 Å². The zero-order valence-corrected chi connectivity index (χ0v) is 10.8. The molecule has 0 saturated heterocycles. The number of aromatic carboxylic acids is 2. The van der Waals surface area contributed by atoms with Crippen LogP contribution >= 0.6 is 0 Å². The number of nitrogens with one attached hydrogen (secondary N) is 2. The molecular formula is C12H8N6O4. The number of aromatic nitrogens is 4. The lowest BCUT2D eigenvalue weighted by atomic mass is 10.1. The number of nitrogens with zero attached hydrogens (tertiary/aromatic N) is 4. The van der Waals surface area contributed by atoms with Gasteiger partial charge in [-0.15, -0.1) is 10.2 Å². The van der Waals surface area contributed by atoms with Gasteiger partial charge in [0.25, 0.3) is 0 Å². The van der Waals surface area contributed by atoms with Gasteiger partial charge in [0.05, 0.1) is 11.1 Å². The smallest absolute Gasteiger partial charge is 0.335 e. The summed E-state index contributed by atoms with van der Waals surface area (Å²) in [7, 11) is 0. The van der Waals surface area contributed by atoms with Crippen LogP contribution in [-0.4, -0.2) is 42.8 Å². The maximum absolute atomic E-state index is 11.0. The minimum Gasteiger partial charge on any atom is -0.478 e. The molecular weight excluding hydrogens is 292 g/mol. The third kappa shape index (κ3) is 3.23. The van der Waals surface area contributed by atoms with Gasteiger partial charge in [-0.1, -0.05) is 0 Å². The maximum Gasteiger partial charge on any atom is 0.335 e. The molecule has 10 heteroatoms. The number of benzene rings is 1. The molecule has 4 N–H and O–H groups in total. The molecule has 0 aliphatic rings. The zero-order valence-electron chi connectivity index (χ0n) is 10.8. The molecule has 1 heterocycles. The van der Waals surface area contributed by atoms with Crippen LogP contribution in [0.2, 0.25) is 0 Å². The fraction of sp³-hybridized carbons (Fsp3) is 0. The van der Waals surface area contributed by atoms with Crippen LogP contribution in [-0.2, 0) is 0 Å². The van der Waals surface area contributed by atoms with Crippen molar-refractivity contribution >= 4 is 23.2 Å². The van der Waals surface area contributed by atoms with E-state index >= 15 is 0 Å². The first kappa shape index (κ1) is 14.7. The number of carbonyl (C=O) groups is 2. The van der Waals surface area contributed by atoms with Gasteiger partial charge in [0.15, 0.2) is 0 Å². The van der Waals surface area contributed by atoms with Crippen molar-refractivity contribution in [3.05, 3.63) is 41.4 Å². The topological polar surface area (TPSA) is 165 Å². The fourth-order valence-electron chi connectivity index (χ4n) is 1.54. The van der Waals surface area contributed by atoms with Crippen LogP contribution in [0.15, 0.2) is 24.4 Å². The first-order chi connectivity index (χ1) is 10.5. The molecule has 0 radical (unpaired) electrons. The van der Waals surface area contributed by atoms with Crippen LogP contribution < -0.4 is 5.32 Å². The number of carboxylic acid groups (broad SMARTS) is 2. The van der Waals surface area contributed by atoms with Gasteiger partial charge >= 0.3 is 11.9 Å². The van der Waals surface area contributed by atoms with Crippen molar-refractivity contribution in [3.8, 4) is 6.07 Å². The largest absolute Gasteiger partial charge is 0.478 e. The van der Waals surface area contributed by atoms with Crippen molar-refractivity contribution in [2.75, 3.05) is 5.32 Å². The standard InChI is InChI=1S/C12H8N6O4/c13-4-8(10-15-17-18-16-10)5-14-9-2-6(11(19)20)1-7(3-9)12(21)22/h1-3,5,14H,(H,19,20)(H,21,22)(H,15,16,17,18). The summed E-state index contributed by atoms with van der Waals surface area (Å²) in [5.74, 6) is -2.49. The number of allylic oxidation sites excluding steroid dienone is 1. The number of H-pyrrole nitrogens is 1. The van der Waals surface area contributed by atoms with E-state index in [1.807, 2.05) is 6.07 Å². The van der Waals surface area contributed by atoms with Gasteiger partial charge in [0, 0.05) is 11.9 Å². The molecule has 2 rings (SSSR count). The molecule has 0 unspecified atom stereocenters. The third-order valence-electron chi connectivity index (χ3n) is 2.52. The van der Waals surface area contributed by atoms with Crippen molar-refractivity contribution in [1.82, 2.24) is 20.6 Å². The number of nitriles is 1. The molecule has 2 aromatic rings. The van der Waals surface area contributed by atoms with Gasteiger partial charge in [-0.2, -0.15) is 10.5 Å². The lowest BCUT2D eigenvalue weighted by Gasteiger charge is -2.05. The number of tetrazole rings is 1. The van der Waals surface area contributed by atoms with Gasteiger partial charge in [-0.3, -0.25) is 0 Å². The monoisotopic (exact) mass is 300 g/mol. The molecule has 110 valence electrons. The van der Waals surface area contributed by atoms with E-state index in [9.17, 15) is 9.59 Å². The Hall–Kier alpha value is -3.74. The Morgan fingerprint density at radius 3 is 2.32 bits per heavy atom. The number of anilines is 1. The minimum absolute atomic E-state index is 0.0337. The molecule has 22 heavy (non-hydrogen) atoms. The Kier molecular flexibility index (Phi) is 4.09. The average Bonchev–Trinajstić information content (AvgIpc) is 3.01. The van der Waals surface area contributed by atoms with Gasteiger partial charge in [-0.25, -0.2) is 9.59 Å². The van der Waals surface area contributed by atoms with E-state index in [1.165, 1.54) is 18.3 Å². The summed E-state index contributed by atoms with van der Waals surface area (Å²) < 4.78 is 0. The summed E-state index contributed by atoms with van der Waals surface area (Å²) in [6.07, 6.45) is 1.22. The maximum atomic E-state index is 11.0. The molecule has 0 fully saturated rings. The first-order valence-corrected chi connectivity index (χ1v) is 5.73. The molecule has 0 aliphatic carbocycles. The molecule has 0 spiro atoms. The summed E-state index contributed by atoms with van der Waals surface area (Å²) in [5.41, 5.74) is -0.178. The summed E-state index contributed by atoms with van der Waals surface area (Å²) in [4.78, 5) is 22.0. The van der Waals surface area contributed by atoms with Crippen LogP contribution in [0, 0.1) is 11.3 Å². The Morgan fingerprint density at radius 1 is 1.23 bits per heavy atom. The van der Waals surface area contributed by atoms with Crippen LogP contribution in [0.1, 0.15) is 26.5 Å². The second kappa shape index (κ2) is 6.14. The molecule has 0 aliphatic heterocycles. The van der Waals surface area contributed by atoms with Gasteiger partial charge in [-0.05, 0) is 23.4 Å². The van der Waals surface area contributed by atoms with Gasteiger partial charge in [0.1, 0.15) is 11.6 Å².